The van der Waals surface area contributed by atoms with Crippen LogP contribution in [0.1, 0.15) is 37.4 Å². The molecule has 1 aliphatic heterocycles. The van der Waals surface area contributed by atoms with E-state index in [9.17, 15) is 19.2 Å². The molecule has 3 heterocycles. The molecule has 0 saturated carbocycles. The van der Waals surface area contributed by atoms with E-state index in [1.807, 2.05) is 24.4 Å². The quantitative estimate of drug-likeness (QED) is 0.514. The second-order valence-electron chi connectivity index (χ2n) is 7.57. The lowest BCUT2D eigenvalue weighted by atomic mass is 9.72. The van der Waals surface area contributed by atoms with E-state index in [-0.39, 0.29) is 29.0 Å². The third-order valence-corrected chi connectivity index (χ3v) is 7.35. The molecule has 1 atom stereocenters. The van der Waals surface area contributed by atoms with Crippen molar-refractivity contribution < 1.29 is 14.4 Å². The van der Waals surface area contributed by atoms with Gasteiger partial charge in [0.05, 0.1) is 16.9 Å². The van der Waals surface area contributed by atoms with Gasteiger partial charge in [-0.05, 0) is 30.5 Å². The number of nitrogens with zero attached hydrogens (tertiary/aromatic N) is 2. The van der Waals surface area contributed by atoms with E-state index < -0.39 is 5.41 Å². The van der Waals surface area contributed by atoms with Crippen LogP contribution in [0.15, 0.2) is 46.7 Å². The molecule has 0 aliphatic carbocycles. The van der Waals surface area contributed by atoms with Crippen LogP contribution in [0.5, 0.6) is 0 Å². The Bertz CT molecular complexity index is 1230. The molecular weight excluding hydrogens is 448 g/mol. The normalized spacial score (nSPS) is 18.5. The smallest absolute Gasteiger partial charge is 0.258 e. The van der Waals surface area contributed by atoms with Crippen molar-refractivity contribution in [2.75, 3.05) is 11.1 Å². The van der Waals surface area contributed by atoms with Gasteiger partial charge in [-0.2, -0.15) is 0 Å². The van der Waals surface area contributed by atoms with Gasteiger partial charge in [0.15, 0.2) is 4.96 Å². The van der Waals surface area contributed by atoms with Gasteiger partial charge in [-0.15, -0.1) is 23.1 Å². The largest absolute Gasteiger partial charge is 0.325 e. The summed E-state index contributed by atoms with van der Waals surface area (Å²) in [7, 11) is 0. The number of hydrogen-bond donors (Lipinski definition) is 2. The summed E-state index contributed by atoms with van der Waals surface area (Å²) in [6.45, 7) is 1.93. The fourth-order valence-corrected chi connectivity index (χ4v) is 5.30. The number of thiazole rings is 1. The summed E-state index contributed by atoms with van der Waals surface area (Å²) in [6.07, 6.45) is 3.07. The average Bonchev–Trinajstić information content (AvgIpc) is 3.24. The Morgan fingerprint density at radius 3 is 2.78 bits per heavy atom. The van der Waals surface area contributed by atoms with Crippen LogP contribution < -0.4 is 16.2 Å². The molecule has 32 heavy (non-hydrogen) atoms. The van der Waals surface area contributed by atoms with Crippen molar-refractivity contribution in [3.8, 4) is 0 Å². The number of thioether (sulfide) groups is 1. The minimum Gasteiger partial charge on any atom is -0.325 e. The van der Waals surface area contributed by atoms with Crippen molar-refractivity contribution >= 4 is 51.5 Å². The second-order valence-corrected chi connectivity index (χ2v) is 9.43. The maximum Gasteiger partial charge on any atom is 0.258 e. The number of amides is 3. The summed E-state index contributed by atoms with van der Waals surface area (Å²) in [4.78, 5) is 53.4. The number of carbonyl (C=O) groups excluding carboxylic acids is 3. The predicted molar refractivity (Wildman–Crippen MR) is 125 cm³/mol. The van der Waals surface area contributed by atoms with Crippen molar-refractivity contribution in [1.82, 2.24) is 14.7 Å². The lowest BCUT2D eigenvalue weighted by Gasteiger charge is -2.35. The Morgan fingerprint density at radius 1 is 1.28 bits per heavy atom. The van der Waals surface area contributed by atoms with Gasteiger partial charge in [-0.3, -0.25) is 28.9 Å². The monoisotopic (exact) mass is 470 g/mol. The molecule has 1 saturated heterocycles. The van der Waals surface area contributed by atoms with Gasteiger partial charge in [0, 0.05) is 35.5 Å². The number of imide groups is 1. The summed E-state index contributed by atoms with van der Waals surface area (Å²) in [5.41, 5.74) is 1.26. The number of nitrogens with one attached hydrogen (secondary N) is 2. The number of fused-ring (bicyclic) bond motifs is 1. The van der Waals surface area contributed by atoms with Crippen LogP contribution in [-0.4, -0.2) is 32.9 Å². The summed E-state index contributed by atoms with van der Waals surface area (Å²) < 4.78 is 1.49. The molecule has 4 rings (SSSR count). The summed E-state index contributed by atoms with van der Waals surface area (Å²) in [5.74, 6) is 0.0111. The van der Waals surface area contributed by atoms with E-state index in [0.717, 1.165) is 5.56 Å². The molecule has 3 amide bonds. The van der Waals surface area contributed by atoms with Gasteiger partial charge < -0.3 is 5.32 Å². The van der Waals surface area contributed by atoms with Crippen LogP contribution in [0.25, 0.3) is 4.96 Å². The molecule has 0 bridgehead atoms. The predicted octanol–water partition coefficient (Wildman–Crippen LogP) is 2.71. The lowest BCUT2D eigenvalue weighted by molar-refractivity contribution is -0.138. The molecule has 0 radical (unpaired) electrons. The first kappa shape index (κ1) is 22.2. The van der Waals surface area contributed by atoms with Crippen LogP contribution in [0.2, 0.25) is 0 Å². The van der Waals surface area contributed by atoms with Gasteiger partial charge in [0.25, 0.3) is 5.56 Å². The number of aromatic nitrogens is 2. The Labute approximate surface area is 192 Å². The Kier molecular flexibility index (Phi) is 6.43. The van der Waals surface area contributed by atoms with E-state index in [1.165, 1.54) is 33.6 Å². The minimum absolute atomic E-state index is 0.128. The molecule has 3 aromatic rings. The van der Waals surface area contributed by atoms with Crippen molar-refractivity contribution in [2.24, 2.45) is 0 Å². The first-order chi connectivity index (χ1) is 15.4. The average molecular weight is 471 g/mol. The first-order valence-corrected chi connectivity index (χ1v) is 12.2. The van der Waals surface area contributed by atoms with Crippen LogP contribution in [0.4, 0.5) is 5.69 Å². The zero-order valence-electron chi connectivity index (χ0n) is 17.4. The number of hydrogen-bond acceptors (Lipinski definition) is 7. The topological polar surface area (TPSA) is 110 Å². The molecule has 8 nitrogen and oxygen atoms in total. The Balaban J connectivity index is 1.34. The van der Waals surface area contributed by atoms with Crippen LogP contribution in [-0.2, 0) is 25.6 Å². The number of carbonyl (C=O) groups is 3. The van der Waals surface area contributed by atoms with Gasteiger partial charge in [0.2, 0.25) is 17.7 Å². The highest BCUT2D eigenvalue weighted by Gasteiger charge is 2.42. The second kappa shape index (κ2) is 9.25. The van der Waals surface area contributed by atoms with E-state index in [2.05, 4.69) is 15.6 Å². The zero-order valence-corrected chi connectivity index (χ0v) is 19.1. The van der Waals surface area contributed by atoms with Gasteiger partial charge in [0.1, 0.15) is 0 Å². The molecule has 166 valence electrons. The van der Waals surface area contributed by atoms with Gasteiger partial charge in [-0.25, -0.2) is 4.98 Å². The molecule has 2 aromatic heterocycles. The van der Waals surface area contributed by atoms with Crippen molar-refractivity contribution in [3.63, 3.8) is 0 Å². The van der Waals surface area contributed by atoms with E-state index in [0.29, 0.717) is 41.4 Å². The lowest BCUT2D eigenvalue weighted by Crippen LogP contribution is -2.51. The van der Waals surface area contributed by atoms with Crippen molar-refractivity contribution in [3.05, 3.63) is 63.5 Å². The zero-order chi connectivity index (χ0) is 22.7. The summed E-state index contributed by atoms with van der Waals surface area (Å²) in [5, 5.41) is 7.09. The third-order valence-electron chi connectivity index (χ3n) is 5.63. The number of rotatable bonds is 7. The first-order valence-electron chi connectivity index (χ1n) is 10.2. The van der Waals surface area contributed by atoms with Crippen LogP contribution in [0, 0.1) is 0 Å². The minimum atomic E-state index is -0.721. The standard InChI is InChI=1S/C22H22N4O4S2/c1-2-22(8-7-17(27)25-20(22)30)14-3-5-15(6-4-14)23-18(28)13-31-12-16-11-19(29)26-9-10-32-21(26)24-16/h3-6,9-11H,2,7-8,12-13H2,1H3,(H,23,28)(H,25,27,30). The van der Waals surface area contributed by atoms with E-state index in [4.69, 9.17) is 0 Å². The van der Waals surface area contributed by atoms with E-state index >= 15 is 0 Å². The number of piperidine rings is 1. The highest BCUT2D eigenvalue weighted by molar-refractivity contribution is 7.99. The highest BCUT2D eigenvalue weighted by Crippen LogP contribution is 2.36. The molecular formula is C22H22N4O4S2. The fourth-order valence-electron chi connectivity index (χ4n) is 3.85. The molecule has 1 aromatic carbocycles. The van der Waals surface area contributed by atoms with Crippen LogP contribution >= 0.6 is 23.1 Å². The summed E-state index contributed by atoms with van der Waals surface area (Å²) >= 11 is 2.77. The van der Waals surface area contributed by atoms with Gasteiger partial charge >= 0.3 is 0 Å². The maximum absolute atomic E-state index is 12.5. The molecule has 1 unspecified atom stereocenters. The third kappa shape index (κ3) is 4.46. The fraction of sp³-hybridized carbons (Fsp3) is 0.318. The Hall–Kier alpha value is -2.98. The van der Waals surface area contributed by atoms with E-state index in [1.54, 1.807) is 18.3 Å². The Morgan fingerprint density at radius 2 is 2.06 bits per heavy atom. The molecule has 1 aliphatic rings. The molecule has 10 heteroatoms. The van der Waals surface area contributed by atoms with Crippen molar-refractivity contribution in [2.45, 2.75) is 37.4 Å². The molecule has 2 N–H and O–H groups in total. The van der Waals surface area contributed by atoms with Crippen LogP contribution in [0.3, 0.4) is 0 Å². The number of benzene rings is 1. The summed E-state index contributed by atoms with van der Waals surface area (Å²) in [6, 6.07) is 8.69. The maximum atomic E-state index is 12.5. The van der Waals surface area contributed by atoms with Gasteiger partial charge in [-0.1, -0.05) is 19.1 Å². The molecule has 1 fully saturated rings. The molecule has 0 spiro atoms. The number of anilines is 1. The van der Waals surface area contributed by atoms with Crippen molar-refractivity contribution in [1.29, 1.82) is 0 Å². The SMILES string of the molecule is CCC1(c2ccc(NC(=O)CSCc3cc(=O)n4ccsc4n3)cc2)CCC(=O)NC1=O. The highest BCUT2D eigenvalue weighted by atomic mass is 32.2.